The van der Waals surface area contributed by atoms with Gasteiger partial charge in [0.1, 0.15) is 12.1 Å². The van der Waals surface area contributed by atoms with Crippen molar-refractivity contribution in [2.45, 2.75) is 65.1 Å². The maximum Gasteiger partial charge on any atom is 0.326 e. The summed E-state index contributed by atoms with van der Waals surface area (Å²) < 4.78 is 0. The molecule has 0 radical (unpaired) electrons. The van der Waals surface area contributed by atoms with Crippen molar-refractivity contribution in [3.63, 3.8) is 0 Å². The Morgan fingerprint density at radius 2 is 1.54 bits per heavy atom. The van der Waals surface area contributed by atoms with Crippen molar-refractivity contribution in [3.05, 3.63) is 0 Å². The lowest BCUT2D eigenvalue weighted by Gasteiger charge is -2.24. The Hall–Kier alpha value is -2.20. The Morgan fingerprint density at radius 3 is 2.00 bits per heavy atom. The van der Waals surface area contributed by atoms with Gasteiger partial charge in [0.2, 0.25) is 17.7 Å². The van der Waals surface area contributed by atoms with E-state index in [1.165, 1.54) is 0 Å². The fourth-order valence-corrected chi connectivity index (χ4v) is 2.36. The van der Waals surface area contributed by atoms with E-state index in [-0.39, 0.29) is 24.8 Å². The fraction of sp³-hybridized carbons (Fsp3) is 0.778. The first-order valence-corrected chi connectivity index (χ1v) is 9.57. The second-order valence-electron chi connectivity index (χ2n) is 7.46. The van der Waals surface area contributed by atoms with Crippen molar-refractivity contribution in [2.75, 3.05) is 13.1 Å². The number of unbranched alkanes of at least 4 members (excludes halogenated alkanes) is 1. The Balaban J connectivity index is 4.78. The summed E-state index contributed by atoms with van der Waals surface area (Å²) >= 11 is 0. The molecule has 10 nitrogen and oxygen atoms in total. The van der Waals surface area contributed by atoms with E-state index in [2.05, 4.69) is 16.0 Å². The van der Waals surface area contributed by atoms with E-state index in [4.69, 9.17) is 11.5 Å². The summed E-state index contributed by atoms with van der Waals surface area (Å²) in [6.07, 6.45) is 1.47. The minimum Gasteiger partial charge on any atom is -0.480 e. The smallest absolute Gasteiger partial charge is 0.326 e. The number of nitrogens with two attached hydrogens (primary N) is 2. The second-order valence-corrected chi connectivity index (χ2v) is 7.46. The molecular formula is C18H35N5O5. The number of hydrogen-bond donors (Lipinski definition) is 6. The molecule has 0 aromatic carbocycles. The van der Waals surface area contributed by atoms with Gasteiger partial charge in [-0.05, 0) is 37.6 Å². The van der Waals surface area contributed by atoms with E-state index in [1.807, 2.05) is 0 Å². The molecule has 0 fully saturated rings. The summed E-state index contributed by atoms with van der Waals surface area (Å²) in [5.41, 5.74) is 11.1. The highest BCUT2D eigenvalue weighted by Gasteiger charge is 2.28. The zero-order chi connectivity index (χ0) is 21.9. The molecule has 3 unspecified atom stereocenters. The van der Waals surface area contributed by atoms with Crippen LogP contribution in [0.25, 0.3) is 0 Å². The van der Waals surface area contributed by atoms with Crippen LogP contribution in [0, 0.1) is 11.8 Å². The van der Waals surface area contributed by atoms with Crippen molar-refractivity contribution >= 4 is 23.7 Å². The van der Waals surface area contributed by atoms with Crippen molar-refractivity contribution in [2.24, 2.45) is 23.3 Å². The minimum absolute atomic E-state index is 0.0792. The molecule has 28 heavy (non-hydrogen) atoms. The molecule has 0 aliphatic carbocycles. The van der Waals surface area contributed by atoms with Crippen LogP contribution in [0.15, 0.2) is 0 Å². The minimum atomic E-state index is -1.14. The highest BCUT2D eigenvalue weighted by molar-refractivity contribution is 5.92. The molecule has 10 heteroatoms. The van der Waals surface area contributed by atoms with Crippen LogP contribution in [0.4, 0.5) is 0 Å². The topological polar surface area (TPSA) is 177 Å². The monoisotopic (exact) mass is 401 g/mol. The molecule has 0 aliphatic heterocycles. The molecule has 8 N–H and O–H groups in total. The highest BCUT2D eigenvalue weighted by atomic mass is 16.4. The summed E-state index contributed by atoms with van der Waals surface area (Å²) in [6.45, 7) is 7.14. The zero-order valence-corrected chi connectivity index (χ0v) is 17.2. The zero-order valence-electron chi connectivity index (χ0n) is 17.2. The number of carbonyl (C=O) groups is 4. The summed E-state index contributed by atoms with van der Waals surface area (Å²) in [5.74, 6) is -3.11. The fourth-order valence-electron chi connectivity index (χ4n) is 2.36. The maximum absolute atomic E-state index is 12.5. The van der Waals surface area contributed by atoms with Crippen molar-refractivity contribution in [3.8, 4) is 0 Å². The molecule has 0 bridgehead atoms. The third kappa shape index (κ3) is 9.65. The van der Waals surface area contributed by atoms with Gasteiger partial charge in [0.15, 0.2) is 0 Å². The summed E-state index contributed by atoms with van der Waals surface area (Å²) in [4.78, 5) is 47.8. The van der Waals surface area contributed by atoms with E-state index in [1.54, 1.807) is 27.7 Å². The predicted molar refractivity (Wildman–Crippen MR) is 105 cm³/mol. The highest BCUT2D eigenvalue weighted by Crippen LogP contribution is 2.06. The van der Waals surface area contributed by atoms with Crippen LogP contribution < -0.4 is 27.4 Å². The van der Waals surface area contributed by atoms with Crippen LogP contribution in [0.5, 0.6) is 0 Å². The number of rotatable bonds is 13. The third-order valence-electron chi connectivity index (χ3n) is 4.27. The molecule has 0 rings (SSSR count). The SMILES string of the molecule is CC(C)C(N)C(=O)NCC(=O)NC(C(=O)NC(CCCCN)C(=O)O)C(C)C. The van der Waals surface area contributed by atoms with Crippen LogP contribution in [0.3, 0.4) is 0 Å². The first kappa shape index (κ1) is 25.8. The summed E-state index contributed by atoms with van der Waals surface area (Å²) in [6, 6.07) is -2.72. The van der Waals surface area contributed by atoms with Crippen LogP contribution >= 0.6 is 0 Å². The van der Waals surface area contributed by atoms with E-state index >= 15 is 0 Å². The summed E-state index contributed by atoms with van der Waals surface area (Å²) in [5, 5.41) is 16.7. The average molecular weight is 402 g/mol. The number of nitrogens with one attached hydrogen (secondary N) is 3. The molecule has 0 saturated carbocycles. The van der Waals surface area contributed by atoms with Gasteiger partial charge >= 0.3 is 5.97 Å². The van der Waals surface area contributed by atoms with E-state index < -0.39 is 41.8 Å². The summed E-state index contributed by atoms with van der Waals surface area (Å²) in [7, 11) is 0. The van der Waals surface area contributed by atoms with Gasteiger partial charge < -0.3 is 32.5 Å². The van der Waals surface area contributed by atoms with Crippen LogP contribution in [0.1, 0.15) is 47.0 Å². The van der Waals surface area contributed by atoms with Crippen molar-refractivity contribution in [1.82, 2.24) is 16.0 Å². The van der Waals surface area contributed by atoms with Crippen LogP contribution in [-0.4, -0.2) is 60.0 Å². The lowest BCUT2D eigenvalue weighted by Crippen LogP contribution is -2.55. The van der Waals surface area contributed by atoms with E-state index in [9.17, 15) is 24.3 Å². The van der Waals surface area contributed by atoms with Crippen molar-refractivity contribution < 1.29 is 24.3 Å². The first-order chi connectivity index (χ1) is 13.0. The first-order valence-electron chi connectivity index (χ1n) is 9.57. The van der Waals surface area contributed by atoms with Gasteiger partial charge in [0.25, 0.3) is 0 Å². The van der Waals surface area contributed by atoms with Crippen molar-refractivity contribution in [1.29, 1.82) is 0 Å². The molecule has 0 heterocycles. The normalized spacial score (nSPS) is 14.3. The lowest BCUT2D eigenvalue weighted by atomic mass is 10.0. The van der Waals surface area contributed by atoms with Crippen LogP contribution in [-0.2, 0) is 19.2 Å². The average Bonchev–Trinajstić information content (AvgIpc) is 2.61. The Kier molecular flexibility index (Phi) is 12.0. The van der Waals surface area contributed by atoms with Gasteiger partial charge in [-0.1, -0.05) is 27.7 Å². The predicted octanol–water partition coefficient (Wildman–Crippen LogP) is -1.07. The van der Waals surface area contributed by atoms with Gasteiger partial charge in [-0.15, -0.1) is 0 Å². The van der Waals surface area contributed by atoms with Gasteiger partial charge in [0, 0.05) is 0 Å². The molecule has 0 saturated heterocycles. The van der Waals surface area contributed by atoms with Gasteiger partial charge in [0.05, 0.1) is 12.6 Å². The molecule has 3 atom stereocenters. The van der Waals surface area contributed by atoms with Gasteiger partial charge in [-0.3, -0.25) is 14.4 Å². The lowest BCUT2D eigenvalue weighted by molar-refractivity contribution is -0.142. The number of aliphatic carboxylic acids is 1. The Bertz CT molecular complexity index is 538. The molecule has 0 aromatic heterocycles. The van der Waals surface area contributed by atoms with Gasteiger partial charge in [-0.2, -0.15) is 0 Å². The molecule has 162 valence electrons. The Morgan fingerprint density at radius 1 is 0.929 bits per heavy atom. The van der Waals surface area contributed by atoms with E-state index in [0.29, 0.717) is 19.4 Å². The molecular weight excluding hydrogens is 366 g/mol. The van der Waals surface area contributed by atoms with E-state index in [0.717, 1.165) is 0 Å². The maximum atomic E-state index is 12.5. The molecule has 0 aliphatic rings. The molecule has 0 spiro atoms. The second kappa shape index (κ2) is 13.1. The standard InChI is InChI=1S/C18H35N5O5/c1-10(2)14(20)16(25)21-9-13(24)23-15(11(3)4)17(26)22-12(18(27)28)7-5-6-8-19/h10-12,14-15H,5-9,19-20H2,1-4H3,(H,21,25)(H,22,26)(H,23,24)(H,27,28). The largest absolute Gasteiger partial charge is 0.480 e. The number of carbonyl (C=O) groups excluding carboxylic acids is 3. The van der Waals surface area contributed by atoms with Crippen LogP contribution in [0.2, 0.25) is 0 Å². The number of carboxylic acids is 1. The Labute approximate surface area is 166 Å². The number of amides is 3. The number of carboxylic acid groups (broad SMARTS) is 1. The molecule has 3 amide bonds. The molecule has 0 aromatic rings. The third-order valence-corrected chi connectivity index (χ3v) is 4.27. The quantitative estimate of drug-likeness (QED) is 0.213. The number of hydrogen-bond acceptors (Lipinski definition) is 6. The van der Waals surface area contributed by atoms with Gasteiger partial charge in [-0.25, -0.2) is 4.79 Å².